The standard InChI is InChI=1S/C43H65ClN8O12/c44-34-20-50-35(36(51-34)42(47)63)41(46)48-17-3-1-6-25-9-13-27(14-10-25)28-15-11-26(12-16-28)7-5-18-49-43(64)29(45)8-2-4-19-52(21-30(55)37(59)39(61)32(57)23-53)22-31(56)38(60)40(62)33(58)24-54/h9-16,20,29-33,37-40,53-62H,1-8,17-19,21-24,45H2,(H2,46,48)(H2,47,63)(H,49,64)/t29-,30-,31-,32+,33+,37+,38+,39+,40+/m0/s1. The molecule has 356 valence electrons. The number of hydrogen-bond acceptors (Lipinski definition) is 17. The Morgan fingerprint density at radius 3 is 1.69 bits per heavy atom. The number of aliphatic hydroxyl groups is 10. The van der Waals surface area contributed by atoms with Crippen molar-refractivity contribution < 1.29 is 60.7 Å². The lowest BCUT2D eigenvalue weighted by atomic mass is 9.99. The minimum Gasteiger partial charge on any atom is -0.394 e. The first-order valence-corrected chi connectivity index (χ1v) is 21.6. The molecule has 9 atom stereocenters. The van der Waals surface area contributed by atoms with Gasteiger partial charge in [-0.2, -0.15) is 0 Å². The van der Waals surface area contributed by atoms with Crippen molar-refractivity contribution in [2.45, 2.75) is 106 Å². The average molecular weight is 921 g/mol. The zero-order chi connectivity index (χ0) is 47.3. The number of hydrogen-bond donors (Lipinski definition) is 14. The Balaban J connectivity index is 1.39. The largest absolute Gasteiger partial charge is 0.394 e. The summed E-state index contributed by atoms with van der Waals surface area (Å²) >= 11 is 5.81. The zero-order valence-electron chi connectivity index (χ0n) is 35.7. The molecule has 20 nitrogen and oxygen atoms in total. The molecule has 3 aromatic rings. The van der Waals surface area contributed by atoms with E-state index in [0.29, 0.717) is 32.4 Å². The highest BCUT2D eigenvalue weighted by molar-refractivity contribution is 6.29. The van der Waals surface area contributed by atoms with Crippen LogP contribution in [0.25, 0.3) is 11.1 Å². The van der Waals surface area contributed by atoms with Crippen LogP contribution in [0.5, 0.6) is 0 Å². The van der Waals surface area contributed by atoms with Crippen LogP contribution in [0.2, 0.25) is 5.15 Å². The van der Waals surface area contributed by atoms with Crippen molar-refractivity contribution in [2.75, 3.05) is 45.9 Å². The van der Waals surface area contributed by atoms with E-state index in [4.69, 9.17) is 39.0 Å². The van der Waals surface area contributed by atoms with E-state index in [1.807, 2.05) is 0 Å². The second-order valence-electron chi connectivity index (χ2n) is 15.7. The summed E-state index contributed by atoms with van der Waals surface area (Å²) in [4.78, 5) is 38.0. The molecule has 0 aliphatic rings. The first-order valence-electron chi connectivity index (χ1n) is 21.2. The zero-order valence-corrected chi connectivity index (χ0v) is 36.4. The summed E-state index contributed by atoms with van der Waals surface area (Å²) in [5, 5.41) is 102. The Kier molecular flexibility index (Phi) is 23.6. The fourth-order valence-electron chi connectivity index (χ4n) is 6.76. The number of benzene rings is 2. The van der Waals surface area contributed by atoms with Gasteiger partial charge in [0.2, 0.25) is 5.91 Å². The number of carbonyl (C=O) groups excluding carboxylic acids is 2. The van der Waals surface area contributed by atoms with Crippen LogP contribution >= 0.6 is 11.6 Å². The van der Waals surface area contributed by atoms with Gasteiger partial charge in [-0.1, -0.05) is 66.6 Å². The van der Waals surface area contributed by atoms with Gasteiger partial charge in [-0.05, 0) is 73.7 Å². The van der Waals surface area contributed by atoms with E-state index in [1.165, 1.54) is 16.7 Å². The molecule has 3 rings (SSSR count). The molecule has 0 aliphatic carbocycles. The minimum atomic E-state index is -1.89. The molecular formula is C43H65ClN8O12. The van der Waals surface area contributed by atoms with Crippen LogP contribution in [0, 0.1) is 0 Å². The Morgan fingerprint density at radius 2 is 1.19 bits per heavy atom. The SMILES string of the molecule is NC(=O)c1nc(Cl)cnc1C(N)=NCCCCc1ccc(-c2ccc(CCCNC(=O)[C@@H](N)CCCCN(C[C@H](O)[C@@H](O)[C@H](O)[C@H](O)CO)C[C@H](O)[C@@H](O)[C@H](O)[C@H](O)CO)cc2)cc1. The van der Waals surface area contributed by atoms with Crippen molar-refractivity contribution in [1.82, 2.24) is 20.2 Å². The number of carbonyl (C=O) groups is 2. The molecule has 0 fully saturated rings. The summed E-state index contributed by atoms with van der Waals surface area (Å²) in [6, 6.07) is 15.7. The number of rotatable bonds is 30. The third kappa shape index (κ3) is 17.6. The van der Waals surface area contributed by atoms with Crippen LogP contribution in [-0.4, -0.2) is 184 Å². The summed E-state index contributed by atoms with van der Waals surface area (Å²) < 4.78 is 0. The highest BCUT2D eigenvalue weighted by atomic mass is 35.5. The molecule has 17 N–H and O–H groups in total. The molecular weight excluding hydrogens is 856 g/mol. The molecule has 2 amide bonds. The normalized spacial score (nSPS) is 16.4. The second kappa shape index (κ2) is 27.9. The molecule has 0 bridgehead atoms. The number of aliphatic hydroxyl groups excluding tert-OH is 10. The molecule has 2 aromatic carbocycles. The Bertz CT molecular complexity index is 1850. The van der Waals surface area contributed by atoms with Gasteiger partial charge < -0.3 is 73.6 Å². The van der Waals surface area contributed by atoms with Gasteiger partial charge in [-0.3, -0.25) is 19.5 Å². The Morgan fingerprint density at radius 1 is 0.688 bits per heavy atom. The van der Waals surface area contributed by atoms with E-state index in [1.54, 1.807) is 0 Å². The maximum absolute atomic E-state index is 12.7. The first-order chi connectivity index (χ1) is 30.5. The minimum absolute atomic E-state index is 0.0316. The van der Waals surface area contributed by atoms with Gasteiger partial charge in [-0.25, -0.2) is 9.97 Å². The highest BCUT2D eigenvalue weighted by Gasteiger charge is 2.34. The van der Waals surface area contributed by atoms with E-state index in [2.05, 4.69) is 68.8 Å². The highest BCUT2D eigenvalue weighted by Crippen LogP contribution is 2.22. The predicted molar refractivity (Wildman–Crippen MR) is 238 cm³/mol. The molecule has 0 aliphatic heterocycles. The number of amides is 2. The van der Waals surface area contributed by atoms with Crippen LogP contribution in [0.4, 0.5) is 0 Å². The molecule has 0 saturated heterocycles. The Labute approximate surface area is 377 Å². The molecule has 1 heterocycles. The molecule has 21 heteroatoms. The van der Waals surface area contributed by atoms with Crippen LogP contribution in [0.15, 0.2) is 59.7 Å². The van der Waals surface area contributed by atoms with Crippen molar-refractivity contribution >= 4 is 29.3 Å². The van der Waals surface area contributed by atoms with Gasteiger partial charge in [0, 0.05) is 26.2 Å². The number of nitrogens with one attached hydrogen (secondary N) is 1. The maximum Gasteiger partial charge on any atom is 0.269 e. The van der Waals surface area contributed by atoms with Gasteiger partial charge in [-0.15, -0.1) is 0 Å². The van der Waals surface area contributed by atoms with E-state index < -0.39 is 74.0 Å². The molecule has 64 heavy (non-hydrogen) atoms. The van der Waals surface area contributed by atoms with Crippen molar-refractivity contribution in [1.29, 1.82) is 0 Å². The number of primary amides is 1. The number of amidine groups is 1. The summed E-state index contributed by atoms with van der Waals surface area (Å²) in [6.45, 7) is -1.54. The number of halogens is 1. The smallest absolute Gasteiger partial charge is 0.269 e. The number of aryl methyl sites for hydroxylation is 2. The molecule has 0 unspecified atom stereocenters. The van der Waals surface area contributed by atoms with Crippen molar-refractivity contribution in [3.63, 3.8) is 0 Å². The fourth-order valence-corrected chi connectivity index (χ4v) is 6.90. The lowest BCUT2D eigenvalue weighted by Crippen LogP contribution is -2.53. The van der Waals surface area contributed by atoms with E-state index in [-0.39, 0.29) is 54.3 Å². The number of unbranched alkanes of at least 4 members (excludes halogenated alkanes) is 2. The number of nitrogens with zero attached hydrogens (tertiary/aromatic N) is 4. The first kappa shape index (κ1) is 54.1. The van der Waals surface area contributed by atoms with Gasteiger partial charge in [0.15, 0.2) is 5.69 Å². The van der Waals surface area contributed by atoms with E-state index in [0.717, 1.165) is 42.4 Å². The number of nitrogens with two attached hydrogens (primary N) is 3. The summed E-state index contributed by atoms with van der Waals surface area (Å²) in [5.74, 6) is -1.05. The average Bonchev–Trinajstić information content (AvgIpc) is 3.29. The van der Waals surface area contributed by atoms with Crippen LogP contribution in [0.1, 0.15) is 65.8 Å². The summed E-state index contributed by atoms with van der Waals surface area (Å²) in [5.41, 5.74) is 21.9. The lowest BCUT2D eigenvalue weighted by Gasteiger charge is -2.33. The van der Waals surface area contributed by atoms with E-state index >= 15 is 0 Å². The predicted octanol–water partition coefficient (Wildman–Crippen LogP) is -2.66. The van der Waals surface area contributed by atoms with Crippen molar-refractivity contribution in [3.05, 3.63) is 82.4 Å². The summed E-state index contributed by atoms with van der Waals surface area (Å²) in [7, 11) is 0. The number of aromatic nitrogens is 2. The van der Waals surface area contributed by atoms with Gasteiger partial charge in [0.1, 0.15) is 53.3 Å². The molecule has 0 spiro atoms. The fraction of sp³-hybridized carbons (Fsp3) is 0.558. The quantitative estimate of drug-likeness (QED) is 0.0184. The Hall–Kier alpha value is -4.26. The van der Waals surface area contributed by atoms with Crippen molar-refractivity contribution in [3.8, 4) is 11.1 Å². The van der Waals surface area contributed by atoms with Crippen LogP contribution < -0.4 is 22.5 Å². The summed E-state index contributed by atoms with van der Waals surface area (Å²) in [6.07, 6.45) is -8.13. The maximum atomic E-state index is 12.7. The van der Waals surface area contributed by atoms with Gasteiger partial charge in [0.05, 0.1) is 37.7 Å². The third-order valence-electron chi connectivity index (χ3n) is 10.7. The van der Waals surface area contributed by atoms with Gasteiger partial charge in [0.25, 0.3) is 5.91 Å². The molecule has 0 radical (unpaired) electrons. The lowest BCUT2D eigenvalue weighted by molar-refractivity contribution is -0.130. The van der Waals surface area contributed by atoms with Crippen LogP contribution in [0.3, 0.4) is 0 Å². The second-order valence-corrected chi connectivity index (χ2v) is 16.1. The van der Waals surface area contributed by atoms with Crippen LogP contribution in [-0.2, 0) is 17.6 Å². The number of aliphatic imine (C=N–C) groups is 1. The van der Waals surface area contributed by atoms with Crippen molar-refractivity contribution in [2.24, 2.45) is 22.2 Å². The topological polar surface area (TPSA) is 368 Å². The monoisotopic (exact) mass is 920 g/mol. The van der Waals surface area contributed by atoms with E-state index in [9.17, 15) is 50.4 Å². The van der Waals surface area contributed by atoms with Gasteiger partial charge >= 0.3 is 0 Å². The molecule has 0 saturated carbocycles. The third-order valence-corrected chi connectivity index (χ3v) is 10.9. The molecule has 1 aromatic heterocycles.